The second kappa shape index (κ2) is 8.47. The van der Waals surface area contributed by atoms with E-state index in [1.807, 2.05) is 0 Å². The molecule has 0 heterocycles. The van der Waals surface area contributed by atoms with Gasteiger partial charge in [0.2, 0.25) is 6.41 Å². The van der Waals surface area contributed by atoms with Gasteiger partial charge in [0.05, 0.1) is 0 Å². The van der Waals surface area contributed by atoms with Gasteiger partial charge in [0.15, 0.2) is 0 Å². The summed E-state index contributed by atoms with van der Waals surface area (Å²) in [6, 6.07) is 0. The summed E-state index contributed by atoms with van der Waals surface area (Å²) in [5.41, 5.74) is 4.17. The van der Waals surface area contributed by atoms with Crippen LogP contribution in [-0.4, -0.2) is 6.41 Å². The van der Waals surface area contributed by atoms with Crippen LogP contribution >= 0.6 is 0 Å². The van der Waals surface area contributed by atoms with Crippen molar-refractivity contribution in [3.8, 4) is 0 Å². The van der Waals surface area contributed by atoms with Crippen LogP contribution in [0.3, 0.4) is 0 Å². The quantitative estimate of drug-likeness (QED) is 0.591. The normalized spacial score (nSPS) is 9.00. The van der Waals surface area contributed by atoms with Crippen molar-refractivity contribution in [3.63, 3.8) is 0 Å². The third-order valence-corrected chi connectivity index (χ3v) is 0.943. The highest BCUT2D eigenvalue weighted by Gasteiger charge is 1.95. The zero-order chi connectivity index (χ0) is 8.57. The topological polar surface area (TPSA) is 43.1 Å². The molecule has 0 saturated heterocycles. The second-order valence-corrected chi connectivity index (χ2v) is 3.16. The Hall–Kier alpha value is -0.530. The maximum atomic E-state index is 8.58. The molecule has 0 aromatic rings. The molecule has 0 radical (unpaired) electrons. The molecule has 0 aliphatic heterocycles. The average molecular weight is 145 g/mol. The number of hydrogen-bond acceptors (Lipinski definition) is 1. The molecule has 0 spiro atoms. The van der Waals surface area contributed by atoms with E-state index < -0.39 is 0 Å². The van der Waals surface area contributed by atoms with Crippen molar-refractivity contribution in [1.29, 1.82) is 0 Å². The smallest absolute Gasteiger partial charge is 0.204 e. The first-order chi connectivity index (χ1) is 4.54. The first-order valence-electron chi connectivity index (χ1n) is 3.69. The summed E-state index contributed by atoms with van der Waals surface area (Å²) in [7, 11) is 0. The Labute approximate surface area is 63.8 Å². The third-order valence-electron chi connectivity index (χ3n) is 0.943. The molecule has 0 aliphatic rings. The van der Waals surface area contributed by atoms with Crippen molar-refractivity contribution in [2.75, 3.05) is 0 Å². The van der Waals surface area contributed by atoms with Gasteiger partial charge in [-0.1, -0.05) is 27.7 Å². The molecule has 0 atom stereocenters. The number of carbonyl (C=O) groups is 1. The molecule has 0 rings (SSSR count). The predicted molar refractivity (Wildman–Crippen MR) is 44.5 cm³/mol. The monoisotopic (exact) mass is 145 g/mol. The van der Waals surface area contributed by atoms with Crippen molar-refractivity contribution in [2.24, 2.45) is 17.6 Å². The molecule has 0 bridgehead atoms. The van der Waals surface area contributed by atoms with Crippen molar-refractivity contribution in [3.05, 3.63) is 0 Å². The van der Waals surface area contributed by atoms with Gasteiger partial charge in [0, 0.05) is 0 Å². The van der Waals surface area contributed by atoms with E-state index in [0.29, 0.717) is 0 Å². The first kappa shape index (κ1) is 12.2. The van der Waals surface area contributed by atoms with Crippen LogP contribution in [0.2, 0.25) is 0 Å². The summed E-state index contributed by atoms with van der Waals surface area (Å²) >= 11 is 0. The lowest BCUT2D eigenvalue weighted by molar-refractivity contribution is -0.106. The fourth-order valence-corrected chi connectivity index (χ4v) is 0.943. The van der Waals surface area contributed by atoms with Gasteiger partial charge in [-0.25, -0.2) is 0 Å². The van der Waals surface area contributed by atoms with E-state index in [2.05, 4.69) is 33.4 Å². The maximum Gasteiger partial charge on any atom is 0.204 e. The Balaban J connectivity index is 0. The van der Waals surface area contributed by atoms with E-state index in [4.69, 9.17) is 4.79 Å². The Kier molecular flexibility index (Phi) is 10.3. The number of amides is 1. The number of nitrogens with two attached hydrogens (primary N) is 1. The van der Waals surface area contributed by atoms with Gasteiger partial charge in [-0.2, -0.15) is 0 Å². The minimum Gasteiger partial charge on any atom is -0.372 e. The summed E-state index contributed by atoms with van der Waals surface area (Å²) < 4.78 is 0. The summed E-state index contributed by atoms with van der Waals surface area (Å²) in [6.45, 7) is 9.06. The molecule has 10 heavy (non-hydrogen) atoms. The Bertz CT molecular complexity index is 63.7. The molecule has 62 valence electrons. The fraction of sp³-hybridized carbons (Fsp3) is 0.875. The average Bonchev–Trinajstić information content (AvgIpc) is 1.62. The van der Waals surface area contributed by atoms with Crippen LogP contribution in [0.4, 0.5) is 0 Å². The lowest BCUT2D eigenvalue weighted by Gasteiger charge is -2.05. The minimum absolute atomic E-state index is 0.250. The molecule has 0 fully saturated rings. The van der Waals surface area contributed by atoms with E-state index >= 15 is 0 Å². The van der Waals surface area contributed by atoms with Crippen molar-refractivity contribution >= 4 is 6.41 Å². The Morgan fingerprint density at radius 2 is 1.40 bits per heavy atom. The molecule has 2 heteroatoms. The van der Waals surface area contributed by atoms with Crippen LogP contribution in [0.5, 0.6) is 0 Å². The van der Waals surface area contributed by atoms with Crippen molar-refractivity contribution in [1.82, 2.24) is 0 Å². The summed E-state index contributed by atoms with van der Waals surface area (Å²) in [5.74, 6) is 1.75. The zero-order valence-corrected chi connectivity index (χ0v) is 7.42. The summed E-state index contributed by atoms with van der Waals surface area (Å²) in [4.78, 5) is 8.58. The molecule has 2 N–H and O–H groups in total. The van der Waals surface area contributed by atoms with Gasteiger partial charge in [0.1, 0.15) is 0 Å². The fourth-order valence-electron chi connectivity index (χ4n) is 0.943. The van der Waals surface area contributed by atoms with Crippen LogP contribution in [0, 0.1) is 11.8 Å². The maximum absolute atomic E-state index is 8.58. The Morgan fingerprint density at radius 3 is 1.40 bits per heavy atom. The lowest BCUT2D eigenvalue weighted by Crippen LogP contribution is -1.93. The standard InChI is InChI=1S/C7H16.CH3NO/c1-6(2)5-7(3)4;2-1-3/h6-7H,5H2,1-4H3;1H,(H2,2,3). The highest BCUT2D eigenvalue weighted by atomic mass is 16.1. The molecular weight excluding hydrogens is 126 g/mol. The van der Waals surface area contributed by atoms with Crippen molar-refractivity contribution < 1.29 is 4.79 Å². The van der Waals surface area contributed by atoms with Crippen LogP contribution in [0.25, 0.3) is 0 Å². The summed E-state index contributed by atoms with van der Waals surface area (Å²) in [6.07, 6.45) is 1.61. The van der Waals surface area contributed by atoms with E-state index in [1.54, 1.807) is 0 Å². The number of carbonyl (C=O) groups excluding carboxylic acids is 1. The first-order valence-corrected chi connectivity index (χ1v) is 3.69. The van der Waals surface area contributed by atoms with Gasteiger partial charge in [-0.3, -0.25) is 4.79 Å². The number of hydrogen-bond donors (Lipinski definition) is 1. The van der Waals surface area contributed by atoms with E-state index in [9.17, 15) is 0 Å². The molecule has 0 aliphatic carbocycles. The molecule has 0 aromatic heterocycles. The molecule has 2 nitrogen and oxygen atoms in total. The van der Waals surface area contributed by atoms with Crippen LogP contribution in [-0.2, 0) is 4.79 Å². The minimum atomic E-state index is 0.250. The van der Waals surface area contributed by atoms with Gasteiger partial charge in [-0.15, -0.1) is 0 Å². The Morgan fingerprint density at radius 1 is 1.20 bits per heavy atom. The molecule has 0 unspecified atom stereocenters. The van der Waals surface area contributed by atoms with Gasteiger partial charge < -0.3 is 5.73 Å². The van der Waals surface area contributed by atoms with Crippen LogP contribution in [0.15, 0.2) is 0 Å². The highest BCUT2D eigenvalue weighted by molar-refractivity contribution is 5.42. The van der Waals surface area contributed by atoms with E-state index in [0.717, 1.165) is 11.8 Å². The molecule has 1 amide bonds. The van der Waals surface area contributed by atoms with Crippen LogP contribution < -0.4 is 5.73 Å². The largest absolute Gasteiger partial charge is 0.372 e. The predicted octanol–water partition coefficient (Wildman–Crippen LogP) is 1.79. The SMILES string of the molecule is CC(C)CC(C)C.NC=O. The molecular formula is C8H19NO. The van der Waals surface area contributed by atoms with Gasteiger partial charge in [0.25, 0.3) is 0 Å². The zero-order valence-electron chi connectivity index (χ0n) is 7.42. The number of primary amides is 1. The summed E-state index contributed by atoms with van der Waals surface area (Å²) in [5, 5.41) is 0. The van der Waals surface area contributed by atoms with Gasteiger partial charge >= 0.3 is 0 Å². The van der Waals surface area contributed by atoms with Crippen LogP contribution in [0.1, 0.15) is 34.1 Å². The van der Waals surface area contributed by atoms with Crippen molar-refractivity contribution in [2.45, 2.75) is 34.1 Å². The van der Waals surface area contributed by atoms with E-state index in [1.165, 1.54) is 6.42 Å². The lowest BCUT2D eigenvalue weighted by atomic mass is 10.0. The molecule has 0 saturated carbocycles. The van der Waals surface area contributed by atoms with Gasteiger partial charge in [-0.05, 0) is 18.3 Å². The second-order valence-electron chi connectivity index (χ2n) is 3.16. The number of rotatable bonds is 2. The molecule has 0 aromatic carbocycles. The van der Waals surface area contributed by atoms with E-state index in [-0.39, 0.29) is 6.41 Å². The highest BCUT2D eigenvalue weighted by Crippen LogP contribution is 2.08. The third kappa shape index (κ3) is 26.0.